The van der Waals surface area contributed by atoms with Crippen LogP contribution in [0.4, 0.5) is 0 Å². The number of rotatable bonds is 10. The normalized spacial score (nSPS) is 12.3. The molecule has 2 aromatic heterocycles. The monoisotopic (exact) mass is 434 g/mol. The first-order valence-electron chi connectivity index (χ1n) is 10.4. The van der Waals surface area contributed by atoms with Gasteiger partial charge in [0.05, 0.1) is 0 Å². The predicted octanol–water partition coefficient (Wildman–Crippen LogP) is 5.07. The van der Waals surface area contributed by atoms with Crippen molar-refractivity contribution in [1.82, 2.24) is 19.7 Å². The minimum Gasteiger partial charge on any atom is -0.385 e. The van der Waals surface area contributed by atoms with Gasteiger partial charge in [-0.1, -0.05) is 67.2 Å². The third kappa shape index (κ3) is 4.57. The Kier molecular flexibility index (Phi) is 6.84. The van der Waals surface area contributed by atoms with Gasteiger partial charge in [0.2, 0.25) is 0 Å². The minimum absolute atomic E-state index is 0.0575. The molecule has 0 fully saturated rings. The molecule has 1 atom stereocenters. The van der Waals surface area contributed by atoms with Gasteiger partial charge in [-0.15, -0.1) is 10.2 Å². The van der Waals surface area contributed by atoms with Crippen molar-refractivity contribution < 1.29 is 9.53 Å². The van der Waals surface area contributed by atoms with Gasteiger partial charge in [-0.2, -0.15) is 0 Å². The van der Waals surface area contributed by atoms with Crippen LogP contribution in [0.25, 0.3) is 10.9 Å². The zero-order chi connectivity index (χ0) is 21.6. The van der Waals surface area contributed by atoms with E-state index in [9.17, 15) is 4.79 Å². The number of aryl methyl sites for hydroxylation is 2. The van der Waals surface area contributed by atoms with Crippen LogP contribution in [0.1, 0.15) is 40.1 Å². The molecule has 0 saturated heterocycles. The number of methoxy groups -OCH3 is 1. The van der Waals surface area contributed by atoms with Gasteiger partial charge in [0.15, 0.2) is 10.9 Å². The second-order valence-electron chi connectivity index (χ2n) is 7.32. The van der Waals surface area contributed by atoms with Gasteiger partial charge in [-0.05, 0) is 24.0 Å². The number of aromatic nitrogens is 4. The summed E-state index contributed by atoms with van der Waals surface area (Å²) in [5.74, 6) is 0.0575. The number of aromatic amines is 1. The second-order valence-corrected chi connectivity index (χ2v) is 8.39. The van der Waals surface area contributed by atoms with Gasteiger partial charge in [0, 0.05) is 42.9 Å². The molecule has 0 spiro atoms. The molecule has 0 aliphatic rings. The molecule has 160 valence electrons. The molecule has 0 radical (unpaired) electrons. The van der Waals surface area contributed by atoms with Crippen LogP contribution in [0, 0.1) is 0 Å². The van der Waals surface area contributed by atoms with Crippen molar-refractivity contribution in [2.45, 2.75) is 36.7 Å². The Morgan fingerprint density at radius 1 is 1.19 bits per heavy atom. The Morgan fingerprint density at radius 2 is 2.03 bits per heavy atom. The van der Waals surface area contributed by atoms with Gasteiger partial charge in [-0.25, -0.2) is 0 Å². The molecule has 4 aromatic rings. The minimum atomic E-state index is -0.421. The van der Waals surface area contributed by atoms with Crippen LogP contribution in [-0.2, 0) is 17.7 Å². The zero-order valence-corrected chi connectivity index (χ0v) is 18.6. The third-order valence-corrected chi connectivity index (χ3v) is 6.59. The average molecular weight is 435 g/mol. The number of carbonyl (C=O) groups is 1. The van der Waals surface area contributed by atoms with E-state index in [0.717, 1.165) is 41.0 Å². The molecule has 0 saturated carbocycles. The highest BCUT2D eigenvalue weighted by atomic mass is 32.2. The molecule has 0 amide bonds. The number of H-pyrrole nitrogens is 1. The number of hydrogen-bond donors (Lipinski definition) is 1. The highest BCUT2D eigenvalue weighted by Crippen LogP contribution is 2.38. The molecular formula is C24H26N4O2S. The predicted molar refractivity (Wildman–Crippen MR) is 124 cm³/mol. The fraction of sp³-hybridized carbons (Fsp3) is 0.292. The van der Waals surface area contributed by atoms with Gasteiger partial charge in [0.25, 0.3) is 0 Å². The van der Waals surface area contributed by atoms with E-state index in [1.54, 1.807) is 13.4 Å². The van der Waals surface area contributed by atoms with Gasteiger partial charge in [0.1, 0.15) is 11.6 Å². The van der Waals surface area contributed by atoms with Crippen LogP contribution in [0.15, 0.2) is 66.2 Å². The van der Waals surface area contributed by atoms with Crippen molar-refractivity contribution in [2.75, 3.05) is 13.7 Å². The molecule has 0 aliphatic carbocycles. The molecule has 1 N–H and O–H groups in total. The van der Waals surface area contributed by atoms with Crippen molar-refractivity contribution in [3.63, 3.8) is 0 Å². The fourth-order valence-corrected chi connectivity index (χ4v) is 4.84. The number of benzene rings is 2. The number of fused-ring (bicyclic) bond motifs is 1. The first-order valence-corrected chi connectivity index (χ1v) is 11.3. The summed E-state index contributed by atoms with van der Waals surface area (Å²) in [5, 5.41) is 9.64. The van der Waals surface area contributed by atoms with E-state index >= 15 is 0 Å². The van der Waals surface area contributed by atoms with Crippen LogP contribution < -0.4 is 0 Å². The number of Topliss-reactive ketones (excluding diaryl/α,β-unsaturated/α-hetero) is 1. The molecule has 7 heteroatoms. The standard InChI is InChI=1S/C24H26N4O2S/c1-3-17-11-7-12-19-20(15-25-21(17)19)22(29)23(18-9-5-4-6-10-18)31-24-27-26-16-28(24)13-8-14-30-2/h4-7,9-12,15-16,23,25H,3,8,13-14H2,1-2H3. The van der Waals surface area contributed by atoms with Crippen molar-refractivity contribution >= 4 is 28.4 Å². The van der Waals surface area contributed by atoms with E-state index in [0.29, 0.717) is 12.2 Å². The van der Waals surface area contributed by atoms with Gasteiger partial charge >= 0.3 is 0 Å². The summed E-state index contributed by atoms with van der Waals surface area (Å²) >= 11 is 1.44. The number of ketones is 1. The summed E-state index contributed by atoms with van der Waals surface area (Å²) in [7, 11) is 1.69. The lowest BCUT2D eigenvalue weighted by atomic mass is 10.0. The van der Waals surface area contributed by atoms with E-state index in [1.807, 2.05) is 53.2 Å². The number of thioether (sulfide) groups is 1. The Hall–Kier alpha value is -2.90. The highest BCUT2D eigenvalue weighted by molar-refractivity contribution is 8.00. The largest absolute Gasteiger partial charge is 0.385 e. The van der Waals surface area contributed by atoms with E-state index < -0.39 is 5.25 Å². The summed E-state index contributed by atoms with van der Waals surface area (Å²) in [4.78, 5) is 17.1. The quantitative estimate of drug-likeness (QED) is 0.214. The molecule has 0 aliphatic heterocycles. The molecule has 4 rings (SSSR count). The molecule has 0 bridgehead atoms. The summed E-state index contributed by atoms with van der Waals surface area (Å²) < 4.78 is 7.14. The van der Waals surface area contributed by atoms with Crippen molar-refractivity contribution in [3.05, 3.63) is 77.7 Å². The van der Waals surface area contributed by atoms with Crippen molar-refractivity contribution in [1.29, 1.82) is 0 Å². The lowest BCUT2D eigenvalue weighted by Gasteiger charge is -2.16. The Balaban J connectivity index is 1.69. The SMILES string of the molecule is CCc1cccc2c(C(=O)C(Sc3nncn3CCCOC)c3ccccc3)c[nH]c12. The van der Waals surface area contributed by atoms with E-state index in [1.165, 1.54) is 17.3 Å². The lowest BCUT2D eigenvalue weighted by Crippen LogP contribution is -2.11. The summed E-state index contributed by atoms with van der Waals surface area (Å²) in [6, 6.07) is 16.0. The van der Waals surface area contributed by atoms with E-state index in [2.05, 4.69) is 28.2 Å². The highest BCUT2D eigenvalue weighted by Gasteiger charge is 2.27. The first kappa shape index (κ1) is 21.3. The maximum absolute atomic E-state index is 13.8. The Bertz CT molecular complexity index is 1150. The molecule has 6 nitrogen and oxygen atoms in total. The lowest BCUT2D eigenvalue weighted by molar-refractivity contribution is 0.0991. The molecule has 2 aromatic carbocycles. The van der Waals surface area contributed by atoms with Gasteiger partial charge < -0.3 is 14.3 Å². The smallest absolute Gasteiger partial charge is 0.192 e. The fourth-order valence-electron chi connectivity index (χ4n) is 3.73. The number of nitrogens with zero attached hydrogens (tertiary/aromatic N) is 3. The molecular weight excluding hydrogens is 408 g/mol. The van der Waals surface area contributed by atoms with Crippen LogP contribution >= 0.6 is 11.8 Å². The Labute approximate surface area is 186 Å². The number of nitrogens with one attached hydrogen (secondary N) is 1. The van der Waals surface area contributed by atoms with Crippen LogP contribution in [0.5, 0.6) is 0 Å². The van der Waals surface area contributed by atoms with Gasteiger partial charge in [-0.3, -0.25) is 4.79 Å². The van der Waals surface area contributed by atoms with E-state index in [4.69, 9.17) is 4.74 Å². The van der Waals surface area contributed by atoms with Crippen molar-refractivity contribution in [3.8, 4) is 0 Å². The first-order chi connectivity index (χ1) is 15.2. The van der Waals surface area contributed by atoms with Crippen LogP contribution in [0.3, 0.4) is 0 Å². The molecule has 31 heavy (non-hydrogen) atoms. The summed E-state index contributed by atoms with van der Waals surface area (Å²) in [6.07, 6.45) is 5.32. The Morgan fingerprint density at radius 3 is 2.81 bits per heavy atom. The number of carbonyl (C=O) groups excluding carboxylic acids is 1. The summed E-state index contributed by atoms with van der Waals surface area (Å²) in [5.41, 5.74) is 3.90. The zero-order valence-electron chi connectivity index (χ0n) is 17.7. The third-order valence-electron chi connectivity index (χ3n) is 5.34. The average Bonchev–Trinajstić information content (AvgIpc) is 3.44. The number of hydrogen-bond acceptors (Lipinski definition) is 5. The number of ether oxygens (including phenoxy) is 1. The molecule has 1 unspecified atom stereocenters. The van der Waals surface area contributed by atoms with E-state index in [-0.39, 0.29) is 5.78 Å². The number of para-hydroxylation sites is 1. The van der Waals surface area contributed by atoms with Crippen molar-refractivity contribution in [2.24, 2.45) is 0 Å². The maximum atomic E-state index is 13.8. The topological polar surface area (TPSA) is 72.8 Å². The molecule has 2 heterocycles. The van der Waals surface area contributed by atoms with Crippen LogP contribution in [-0.4, -0.2) is 39.2 Å². The second kappa shape index (κ2) is 9.94. The maximum Gasteiger partial charge on any atom is 0.192 e. The van der Waals surface area contributed by atoms with Crippen LogP contribution in [0.2, 0.25) is 0 Å². The summed E-state index contributed by atoms with van der Waals surface area (Å²) in [6.45, 7) is 3.53.